The molecule has 0 fully saturated rings. The number of hydrogen-bond acceptors (Lipinski definition) is 6. The minimum absolute atomic E-state index is 0.0613. The molecule has 0 spiro atoms. The Hall–Kier alpha value is -4.13. The van der Waals surface area contributed by atoms with E-state index >= 15 is 0 Å². The molecule has 0 bridgehead atoms. The van der Waals surface area contributed by atoms with E-state index in [9.17, 15) is 9.59 Å². The number of carbonyl (C=O) groups is 2. The maximum Gasteiger partial charge on any atom is 0.355 e. The van der Waals surface area contributed by atoms with Crippen LogP contribution in [-0.4, -0.2) is 35.7 Å². The average molecular weight is 401 g/mol. The van der Waals surface area contributed by atoms with Gasteiger partial charge >= 0.3 is 11.9 Å². The highest BCUT2D eigenvalue weighted by atomic mass is 16.5. The molecule has 0 aliphatic carbocycles. The third-order valence-electron chi connectivity index (χ3n) is 4.74. The van der Waals surface area contributed by atoms with Gasteiger partial charge in [-0.25, -0.2) is 14.6 Å². The zero-order valence-electron chi connectivity index (χ0n) is 16.5. The molecule has 2 aromatic carbocycles. The van der Waals surface area contributed by atoms with Crippen LogP contribution in [-0.2, 0) is 19.1 Å². The van der Waals surface area contributed by atoms with Crippen LogP contribution in [0, 0.1) is 0 Å². The lowest BCUT2D eigenvalue weighted by molar-refractivity contribution is -0.139. The number of hydrogen-bond donors (Lipinski definition) is 0. The quantitative estimate of drug-likeness (QED) is 0.623. The summed E-state index contributed by atoms with van der Waals surface area (Å²) in [6.45, 7) is 0. The fourth-order valence-corrected chi connectivity index (χ4v) is 3.37. The van der Waals surface area contributed by atoms with Crippen molar-refractivity contribution in [1.82, 2.24) is 9.55 Å². The van der Waals surface area contributed by atoms with Crippen LogP contribution in [0.2, 0.25) is 0 Å². The molecule has 0 N–H and O–H groups in total. The monoisotopic (exact) mass is 401 g/mol. The number of ether oxygens (including phenoxy) is 2. The number of benzene rings is 2. The predicted octanol–water partition coefficient (Wildman–Crippen LogP) is 3.52. The number of carbonyl (C=O) groups excluding carboxylic acids is 2. The normalized spacial score (nSPS) is 13.5. The Bertz CT molecular complexity index is 1220. The number of allylic oxidation sites excluding steroid dienone is 2. The highest BCUT2D eigenvalue weighted by Crippen LogP contribution is 2.32. The van der Waals surface area contributed by atoms with E-state index in [-0.39, 0.29) is 11.3 Å². The summed E-state index contributed by atoms with van der Waals surface area (Å²) in [5.74, 6) is -1.29. The molecule has 7 heteroatoms. The van der Waals surface area contributed by atoms with Crippen molar-refractivity contribution >= 4 is 28.7 Å². The predicted molar refractivity (Wildman–Crippen MR) is 113 cm³/mol. The summed E-state index contributed by atoms with van der Waals surface area (Å²) in [6, 6.07) is 15.3. The fraction of sp³-hybridized carbons (Fsp3) is 0.0870. The van der Waals surface area contributed by atoms with E-state index in [0.717, 1.165) is 16.7 Å². The number of rotatable bonds is 4. The second-order valence-corrected chi connectivity index (χ2v) is 6.41. The van der Waals surface area contributed by atoms with Crippen LogP contribution in [0.5, 0.6) is 0 Å². The van der Waals surface area contributed by atoms with Gasteiger partial charge in [0.05, 0.1) is 42.2 Å². The first-order valence-electron chi connectivity index (χ1n) is 9.22. The van der Waals surface area contributed by atoms with Gasteiger partial charge in [-0.2, -0.15) is 0 Å². The molecule has 7 nitrogen and oxygen atoms in total. The summed E-state index contributed by atoms with van der Waals surface area (Å²) in [7, 11) is 2.54. The van der Waals surface area contributed by atoms with Gasteiger partial charge in [-0.1, -0.05) is 30.3 Å². The molecule has 1 aliphatic rings. The van der Waals surface area contributed by atoms with Gasteiger partial charge in [0.2, 0.25) is 0 Å². The van der Waals surface area contributed by atoms with Gasteiger partial charge in [0.25, 0.3) is 0 Å². The Labute approximate surface area is 173 Å². The maximum atomic E-state index is 12.7. The summed E-state index contributed by atoms with van der Waals surface area (Å²) >= 11 is 0. The molecule has 30 heavy (non-hydrogen) atoms. The first-order chi connectivity index (χ1) is 14.7. The number of imidazole rings is 1. The number of para-hydroxylation sites is 4. The van der Waals surface area contributed by atoms with Gasteiger partial charge in [0.15, 0.2) is 0 Å². The van der Waals surface area contributed by atoms with Crippen LogP contribution >= 0.6 is 0 Å². The Morgan fingerprint density at radius 3 is 2.33 bits per heavy atom. The van der Waals surface area contributed by atoms with Crippen LogP contribution in [0.3, 0.4) is 0 Å². The van der Waals surface area contributed by atoms with Gasteiger partial charge in [-0.15, -0.1) is 0 Å². The second-order valence-electron chi connectivity index (χ2n) is 6.41. The SMILES string of the molecule is COC(=O)C1=C(C(=O)OC)N(c2ccccc2-n2cnc3ccccc32)C=CC=C1. The van der Waals surface area contributed by atoms with Crippen LogP contribution < -0.4 is 4.90 Å². The molecule has 2 heterocycles. The summed E-state index contributed by atoms with van der Waals surface area (Å²) < 4.78 is 11.8. The van der Waals surface area contributed by atoms with Gasteiger partial charge < -0.3 is 14.4 Å². The Balaban J connectivity index is 1.96. The molecular formula is C23H19N3O4. The molecule has 0 unspecified atom stereocenters. The van der Waals surface area contributed by atoms with Gasteiger partial charge in [0.1, 0.15) is 12.0 Å². The number of nitrogens with zero attached hydrogens (tertiary/aromatic N) is 3. The lowest BCUT2D eigenvalue weighted by atomic mass is 10.1. The van der Waals surface area contributed by atoms with Crippen molar-refractivity contribution in [3.8, 4) is 5.69 Å². The van der Waals surface area contributed by atoms with Crippen LogP contribution in [0.4, 0.5) is 5.69 Å². The molecule has 0 radical (unpaired) electrons. The van der Waals surface area contributed by atoms with Crippen LogP contribution in [0.25, 0.3) is 16.7 Å². The molecule has 1 aromatic heterocycles. The first-order valence-corrected chi connectivity index (χ1v) is 9.22. The standard InChI is InChI=1S/C23H19N3O4/c1-29-22(27)16-9-7-8-14-25(21(16)23(28)30-2)19-12-5-6-13-20(19)26-15-24-17-10-3-4-11-18(17)26/h3-15H,1-2H3. The summed E-state index contributed by atoms with van der Waals surface area (Å²) in [6.07, 6.45) is 8.37. The third kappa shape index (κ3) is 3.26. The molecule has 1 aliphatic heterocycles. The molecule has 0 saturated carbocycles. The number of fused-ring (bicyclic) bond motifs is 1. The topological polar surface area (TPSA) is 73.7 Å². The van der Waals surface area contributed by atoms with Crippen LogP contribution in [0.15, 0.2) is 90.6 Å². The zero-order chi connectivity index (χ0) is 21.1. The van der Waals surface area contributed by atoms with Gasteiger partial charge in [-0.3, -0.25) is 4.57 Å². The van der Waals surface area contributed by atoms with E-state index in [1.807, 2.05) is 53.1 Å². The lowest BCUT2D eigenvalue weighted by Gasteiger charge is -2.25. The van der Waals surface area contributed by atoms with E-state index in [0.29, 0.717) is 5.69 Å². The van der Waals surface area contributed by atoms with Gasteiger partial charge in [0, 0.05) is 6.20 Å². The minimum Gasteiger partial charge on any atom is -0.465 e. The number of anilines is 1. The van der Waals surface area contributed by atoms with Crippen molar-refractivity contribution in [2.24, 2.45) is 0 Å². The zero-order valence-corrected chi connectivity index (χ0v) is 16.5. The Kier molecular flexibility index (Phi) is 5.17. The third-order valence-corrected chi connectivity index (χ3v) is 4.74. The summed E-state index contributed by atoms with van der Waals surface area (Å²) in [5.41, 5.74) is 3.37. The molecular weight excluding hydrogens is 382 g/mol. The van der Waals surface area contributed by atoms with Crippen LogP contribution in [0.1, 0.15) is 0 Å². The van der Waals surface area contributed by atoms with Crippen molar-refractivity contribution in [2.45, 2.75) is 0 Å². The van der Waals surface area contributed by atoms with Crippen molar-refractivity contribution in [3.63, 3.8) is 0 Å². The number of aromatic nitrogens is 2. The average Bonchev–Trinajstić information content (AvgIpc) is 3.09. The van der Waals surface area contributed by atoms with Crippen molar-refractivity contribution < 1.29 is 19.1 Å². The van der Waals surface area contributed by atoms with Crippen molar-refractivity contribution in [3.05, 3.63) is 90.6 Å². The number of methoxy groups -OCH3 is 2. The van der Waals surface area contributed by atoms with Crippen molar-refractivity contribution in [1.29, 1.82) is 0 Å². The largest absolute Gasteiger partial charge is 0.465 e. The van der Waals surface area contributed by atoms with E-state index in [1.54, 1.807) is 29.6 Å². The fourth-order valence-electron chi connectivity index (χ4n) is 3.37. The number of esters is 2. The molecule has 150 valence electrons. The van der Waals surface area contributed by atoms with E-state index in [2.05, 4.69) is 4.98 Å². The maximum absolute atomic E-state index is 12.7. The lowest BCUT2D eigenvalue weighted by Crippen LogP contribution is -2.27. The minimum atomic E-state index is -0.656. The molecule has 3 aromatic rings. The highest BCUT2D eigenvalue weighted by Gasteiger charge is 2.28. The van der Waals surface area contributed by atoms with Gasteiger partial charge in [-0.05, 0) is 36.4 Å². The Morgan fingerprint density at radius 2 is 1.57 bits per heavy atom. The molecule has 4 rings (SSSR count). The van der Waals surface area contributed by atoms with E-state index < -0.39 is 11.9 Å². The molecule has 0 saturated heterocycles. The van der Waals surface area contributed by atoms with Crippen molar-refractivity contribution in [2.75, 3.05) is 19.1 Å². The smallest absolute Gasteiger partial charge is 0.355 e. The summed E-state index contributed by atoms with van der Waals surface area (Å²) in [4.78, 5) is 31.2. The molecule has 0 atom stereocenters. The summed E-state index contributed by atoms with van der Waals surface area (Å²) in [5, 5.41) is 0. The van der Waals surface area contributed by atoms with E-state index in [1.165, 1.54) is 20.3 Å². The highest BCUT2D eigenvalue weighted by molar-refractivity contribution is 6.05. The second kappa shape index (κ2) is 8.08. The molecule has 0 amide bonds. The first kappa shape index (κ1) is 19.2. The van der Waals surface area contributed by atoms with E-state index in [4.69, 9.17) is 9.47 Å². The Morgan fingerprint density at radius 1 is 0.867 bits per heavy atom.